The van der Waals surface area contributed by atoms with Gasteiger partial charge < -0.3 is 14.6 Å². The lowest BCUT2D eigenvalue weighted by molar-refractivity contribution is -0.141. The van der Waals surface area contributed by atoms with Crippen LogP contribution in [0.4, 0.5) is 17.6 Å². The first-order valence-corrected chi connectivity index (χ1v) is 14.3. The van der Waals surface area contributed by atoms with Crippen molar-refractivity contribution < 1.29 is 45.4 Å². The van der Waals surface area contributed by atoms with E-state index in [4.69, 9.17) is 14.6 Å². The number of ether oxygens (including phenoxy) is 2. The second-order valence-electron chi connectivity index (χ2n) is 9.63. The van der Waals surface area contributed by atoms with Crippen LogP contribution in [0, 0.1) is 17.7 Å². The molecule has 1 heterocycles. The monoisotopic (exact) mass is 582 g/mol. The van der Waals surface area contributed by atoms with Crippen LogP contribution in [-0.4, -0.2) is 48.1 Å². The van der Waals surface area contributed by atoms with E-state index in [1.54, 1.807) is 18.2 Å². The molecule has 214 valence electrons. The maximum absolute atomic E-state index is 14.6. The molecule has 1 aliphatic rings. The highest BCUT2D eigenvalue weighted by atomic mass is 32.2. The van der Waals surface area contributed by atoms with Gasteiger partial charge >= 0.3 is 18.2 Å². The minimum Gasteiger partial charge on any atom is -0.489 e. The molecule has 1 N–H and O–H groups in total. The SMILES string of the molecule is CS(=O)(=O)CCCOc1ncc(-c2ccc(F)c(COc3cccc(C[C@@H]4CC4C(=O)O)c3)c2)c(C(F)(F)F)n1. The number of sulfone groups is 1. The van der Waals surface area contributed by atoms with E-state index in [0.717, 1.165) is 24.1 Å². The molecule has 1 fully saturated rings. The van der Waals surface area contributed by atoms with E-state index in [1.807, 2.05) is 6.07 Å². The zero-order chi connectivity index (χ0) is 29.1. The Balaban J connectivity index is 1.48. The minimum absolute atomic E-state index is 0.00487. The van der Waals surface area contributed by atoms with Crippen LogP contribution in [0.15, 0.2) is 48.7 Å². The number of rotatable bonds is 12. The van der Waals surface area contributed by atoms with Gasteiger partial charge in [0.15, 0.2) is 5.69 Å². The zero-order valence-electron chi connectivity index (χ0n) is 21.3. The normalized spacial score (nSPS) is 16.9. The van der Waals surface area contributed by atoms with Crippen molar-refractivity contribution in [1.82, 2.24) is 9.97 Å². The lowest BCUT2D eigenvalue weighted by Gasteiger charge is -2.15. The number of alkyl halides is 3. The summed E-state index contributed by atoms with van der Waals surface area (Å²) in [6.45, 7) is -0.461. The number of carbonyl (C=O) groups is 1. The third-order valence-electron chi connectivity index (χ3n) is 6.31. The van der Waals surface area contributed by atoms with Gasteiger partial charge in [-0.25, -0.2) is 17.8 Å². The van der Waals surface area contributed by atoms with Gasteiger partial charge in [-0.05, 0) is 60.6 Å². The van der Waals surface area contributed by atoms with E-state index < -0.39 is 45.1 Å². The molecule has 1 unspecified atom stereocenters. The lowest BCUT2D eigenvalue weighted by Crippen LogP contribution is -2.14. The summed E-state index contributed by atoms with van der Waals surface area (Å²) in [4.78, 5) is 18.4. The maximum atomic E-state index is 14.6. The molecule has 0 saturated heterocycles. The van der Waals surface area contributed by atoms with E-state index >= 15 is 0 Å². The van der Waals surface area contributed by atoms with Crippen LogP contribution < -0.4 is 9.47 Å². The summed E-state index contributed by atoms with van der Waals surface area (Å²) in [6, 6.07) is 9.81. The highest BCUT2D eigenvalue weighted by molar-refractivity contribution is 7.90. The third kappa shape index (κ3) is 7.90. The Morgan fingerprint density at radius 1 is 1.15 bits per heavy atom. The fraction of sp³-hybridized carbons (Fsp3) is 0.370. The van der Waals surface area contributed by atoms with E-state index in [9.17, 15) is 30.8 Å². The Kier molecular flexibility index (Phi) is 8.62. The Hall–Kier alpha value is -3.74. The maximum Gasteiger partial charge on any atom is 0.434 e. The first-order chi connectivity index (χ1) is 18.8. The number of aromatic nitrogens is 2. The van der Waals surface area contributed by atoms with Crippen LogP contribution in [0.1, 0.15) is 29.7 Å². The molecule has 1 aromatic heterocycles. The second kappa shape index (κ2) is 11.8. The molecule has 0 amide bonds. The lowest BCUT2D eigenvalue weighted by atomic mass is 10.0. The molecule has 40 heavy (non-hydrogen) atoms. The van der Waals surface area contributed by atoms with Crippen LogP contribution in [0.5, 0.6) is 11.8 Å². The summed E-state index contributed by atoms with van der Waals surface area (Å²) in [5, 5.41) is 9.09. The number of hydrogen-bond donors (Lipinski definition) is 1. The van der Waals surface area contributed by atoms with Crippen molar-refractivity contribution in [1.29, 1.82) is 0 Å². The quantitative estimate of drug-likeness (QED) is 0.236. The summed E-state index contributed by atoms with van der Waals surface area (Å²) in [5.74, 6) is -1.59. The number of aliphatic carboxylic acids is 1. The van der Waals surface area contributed by atoms with Crippen molar-refractivity contribution in [3.8, 4) is 22.9 Å². The fourth-order valence-electron chi connectivity index (χ4n) is 4.20. The number of halogens is 4. The van der Waals surface area contributed by atoms with Gasteiger partial charge in [-0.3, -0.25) is 4.79 Å². The smallest absolute Gasteiger partial charge is 0.434 e. The molecule has 0 spiro atoms. The Morgan fingerprint density at radius 3 is 2.60 bits per heavy atom. The fourth-order valence-corrected chi connectivity index (χ4v) is 4.84. The highest BCUT2D eigenvalue weighted by Gasteiger charge is 2.42. The highest BCUT2D eigenvalue weighted by Crippen LogP contribution is 2.41. The van der Waals surface area contributed by atoms with Crippen molar-refractivity contribution in [2.45, 2.75) is 32.0 Å². The second-order valence-corrected chi connectivity index (χ2v) is 11.9. The number of carboxylic acids is 1. The Morgan fingerprint density at radius 2 is 1.93 bits per heavy atom. The molecule has 0 aliphatic heterocycles. The molecule has 1 saturated carbocycles. The van der Waals surface area contributed by atoms with Crippen LogP contribution in [-0.2, 0) is 33.8 Å². The molecule has 3 aromatic rings. The standard InChI is InChI=1S/C27H26F4N2O6S/c1-40(36,37)9-3-8-38-26-32-14-22(24(33-26)27(29,30)31)17-6-7-23(28)19(12-17)15-39-20-5-2-4-16(11-20)10-18-13-21(18)25(34)35/h2,4-7,11-12,14,18,21H,3,8-10,13,15H2,1H3,(H,34,35)/t18-,21?/m1/s1. The Labute approximate surface area is 227 Å². The average molecular weight is 583 g/mol. The van der Waals surface area contributed by atoms with Crippen molar-refractivity contribution in [3.05, 3.63) is 71.3 Å². The molecule has 0 bridgehead atoms. The zero-order valence-corrected chi connectivity index (χ0v) is 22.1. The van der Waals surface area contributed by atoms with Gasteiger partial charge in [0.1, 0.15) is 28.0 Å². The Bertz CT molecular complexity index is 1500. The van der Waals surface area contributed by atoms with E-state index in [1.165, 1.54) is 12.1 Å². The van der Waals surface area contributed by atoms with Gasteiger partial charge in [0.2, 0.25) is 0 Å². The van der Waals surface area contributed by atoms with E-state index in [2.05, 4.69) is 9.97 Å². The molecule has 8 nitrogen and oxygen atoms in total. The average Bonchev–Trinajstić information content (AvgIpc) is 3.65. The van der Waals surface area contributed by atoms with Gasteiger partial charge in [0, 0.05) is 23.6 Å². The summed E-state index contributed by atoms with van der Waals surface area (Å²) in [5.41, 5.74) is -0.794. The predicted octanol–water partition coefficient (Wildman–Crippen LogP) is 4.96. The van der Waals surface area contributed by atoms with Crippen molar-refractivity contribution >= 4 is 15.8 Å². The number of hydrogen-bond acceptors (Lipinski definition) is 7. The molecular weight excluding hydrogens is 556 g/mol. The van der Waals surface area contributed by atoms with Crippen LogP contribution in [0.25, 0.3) is 11.1 Å². The first-order valence-electron chi connectivity index (χ1n) is 12.3. The van der Waals surface area contributed by atoms with Gasteiger partial charge in [0.05, 0.1) is 18.3 Å². The van der Waals surface area contributed by atoms with E-state index in [-0.39, 0.29) is 48.4 Å². The molecule has 2 atom stereocenters. The van der Waals surface area contributed by atoms with Gasteiger partial charge in [-0.1, -0.05) is 18.2 Å². The third-order valence-corrected chi connectivity index (χ3v) is 7.34. The minimum atomic E-state index is -4.88. The molecule has 2 aromatic carbocycles. The first kappa shape index (κ1) is 29.2. The molecular formula is C27H26F4N2O6S. The molecule has 4 rings (SSSR count). The summed E-state index contributed by atoms with van der Waals surface area (Å²) < 4.78 is 89.4. The summed E-state index contributed by atoms with van der Waals surface area (Å²) in [6.07, 6.45) is -1.69. The van der Waals surface area contributed by atoms with Crippen LogP contribution in [0.2, 0.25) is 0 Å². The van der Waals surface area contributed by atoms with Crippen molar-refractivity contribution in [2.24, 2.45) is 11.8 Å². The number of benzene rings is 2. The molecule has 1 aliphatic carbocycles. The number of carboxylic acid groups (broad SMARTS) is 1. The van der Waals surface area contributed by atoms with Gasteiger partial charge in [0.25, 0.3) is 0 Å². The van der Waals surface area contributed by atoms with Crippen molar-refractivity contribution in [2.75, 3.05) is 18.6 Å². The van der Waals surface area contributed by atoms with Crippen molar-refractivity contribution in [3.63, 3.8) is 0 Å². The topological polar surface area (TPSA) is 116 Å². The number of nitrogens with zero attached hydrogens (tertiary/aromatic N) is 2. The predicted molar refractivity (Wildman–Crippen MR) is 136 cm³/mol. The largest absolute Gasteiger partial charge is 0.489 e. The molecule has 13 heteroatoms. The van der Waals surface area contributed by atoms with E-state index in [0.29, 0.717) is 18.6 Å². The van der Waals surface area contributed by atoms with Gasteiger partial charge in [-0.15, -0.1) is 0 Å². The van der Waals surface area contributed by atoms with Gasteiger partial charge in [-0.2, -0.15) is 18.2 Å². The van der Waals surface area contributed by atoms with Crippen LogP contribution >= 0.6 is 0 Å². The molecule has 0 radical (unpaired) electrons. The van der Waals surface area contributed by atoms with Crippen LogP contribution in [0.3, 0.4) is 0 Å². The summed E-state index contributed by atoms with van der Waals surface area (Å²) >= 11 is 0. The summed E-state index contributed by atoms with van der Waals surface area (Å²) in [7, 11) is -3.25.